The highest BCUT2D eigenvalue weighted by molar-refractivity contribution is 9.10. The molecule has 0 saturated heterocycles. The highest BCUT2D eigenvalue weighted by Crippen LogP contribution is 2.25. The molecule has 0 bridgehead atoms. The Labute approximate surface area is 148 Å². The molecular weight excluding hydrogens is 398 g/mol. The number of nitrogens with two attached hydrogens (primary N) is 1. The molecule has 0 heterocycles. The summed E-state index contributed by atoms with van der Waals surface area (Å²) in [6, 6.07) is 11.5. The van der Waals surface area contributed by atoms with Crippen molar-refractivity contribution in [3.05, 3.63) is 62.6 Å². The minimum atomic E-state index is -4.06. The molecule has 0 spiro atoms. The average Bonchev–Trinajstić information content (AvgIpc) is 2.50. The van der Waals surface area contributed by atoms with Crippen LogP contribution in [-0.4, -0.2) is 19.9 Å². The zero-order valence-electron chi connectivity index (χ0n) is 12.6. The van der Waals surface area contributed by atoms with Gasteiger partial charge in [0.05, 0.1) is 10.6 Å². The lowest BCUT2D eigenvalue weighted by molar-refractivity contribution is -0.385. The molecule has 7 nitrogen and oxygen atoms in total. The van der Waals surface area contributed by atoms with Crippen LogP contribution in [0.4, 0.5) is 11.4 Å². The van der Waals surface area contributed by atoms with Gasteiger partial charge in [0.15, 0.2) is 0 Å². The van der Waals surface area contributed by atoms with E-state index in [4.69, 9.17) is 5.14 Å². The van der Waals surface area contributed by atoms with E-state index in [2.05, 4.69) is 21.2 Å². The van der Waals surface area contributed by atoms with E-state index in [0.717, 1.165) is 28.9 Å². The van der Waals surface area contributed by atoms with Gasteiger partial charge in [0.1, 0.15) is 4.90 Å². The zero-order chi connectivity index (χ0) is 17.7. The van der Waals surface area contributed by atoms with Gasteiger partial charge < -0.3 is 5.32 Å². The number of anilines is 1. The normalized spacial score (nSPS) is 11.2. The second kappa shape index (κ2) is 7.73. The van der Waals surface area contributed by atoms with Crippen LogP contribution in [0, 0.1) is 10.1 Å². The minimum Gasteiger partial charge on any atom is -0.384 e. The van der Waals surface area contributed by atoms with Gasteiger partial charge in [-0.2, -0.15) is 0 Å². The van der Waals surface area contributed by atoms with Crippen LogP contribution in [0.15, 0.2) is 51.8 Å². The van der Waals surface area contributed by atoms with Crippen molar-refractivity contribution >= 4 is 37.3 Å². The molecule has 2 aromatic carbocycles. The Hall–Kier alpha value is -1.97. The Kier molecular flexibility index (Phi) is 5.92. The molecule has 24 heavy (non-hydrogen) atoms. The molecule has 3 N–H and O–H groups in total. The zero-order valence-corrected chi connectivity index (χ0v) is 15.0. The van der Waals surface area contributed by atoms with E-state index in [0.29, 0.717) is 6.54 Å². The fourth-order valence-electron chi connectivity index (χ4n) is 2.21. The number of primary sulfonamides is 1. The number of nitro groups is 1. The third-order valence-electron chi connectivity index (χ3n) is 3.33. The van der Waals surface area contributed by atoms with Crippen LogP contribution in [0.5, 0.6) is 0 Å². The molecule has 0 unspecified atom stereocenters. The van der Waals surface area contributed by atoms with Gasteiger partial charge in [0, 0.05) is 23.2 Å². The number of nitrogens with one attached hydrogen (secondary N) is 1. The van der Waals surface area contributed by atoms with Crippen LogP contribution < -0.4 is 10.5 Å². The highest BCUT2D eigenvalue weighted by Gasteiger charge is 2.18. The Morgan fingerprint density at radius 2 is 1.96 bits per heavy atom. The molecule has 0 amide bonds. The first-order chi connectivity index (χ1) is 11.3. The Bertz CT molecular complexity index is 856. The third-order valence-corrected chi connectivity index (χ3v) is 4.77. The van der Waals surface area contributed by atoms with Crippen LogP contribution in [-0.2, 0) is 16.4 Å². The summed E-state index contributed by atoms with van der Waals surface area (Å²) in [6.45, 7) is 0.507. The van der Waals surface area contributed by atoms with Crippen molar-refractivity contribution in [1.29, 1.82) is 0 Å². The molecule has 0 aromatic heterocycles. The van der Waals surface area contributed by atoms with E-state index in [1.54, 1.807) is 0 Å². The summed E-state index contributed by atoms with van der Waals surface area (Å²) in [5, 5.41) is 18.9. The van der Waals surface area contributed by atoms with Gasteiger partial charge >= 0.3 is 0 Å². The average molecular weight is 414 g/mol. The Balaban J connectivity index is 2.05. The van der Waals surface area contributed by atoms with Gasteiger partial charge in [-0.05, 0) is 36.6 Å². The van der Waals surface area contributed by atoms with Gasteiger partial charge in [0.2, 0.25) is 10.0 Å². The number of hydrogen-bond acceptors (Lipinski definition) is 5. The topological polar surface area (TPSA) is 115 Å². The molecule has 0 aliphatic rings. The summed E-state index contributed by atoms with van der Waals surface area (Å²) in [6.07, 6.45) is 1.57. The highest BCUT2D eigenvalue weighted by atomic mass is 79.9. The monoisotopic (exact) mass is 413 g/mol. The van der Waals surface area contributed by atoms with Crippen molar-refractivity contribution in [3.63, 3.8) is 0 Å². The SMILES string of the molecule is NS(=O)(=O)c1cc([N+](=O)[O-])ccc1NCCCc1cccc(Br)c1. The molecule has 0 radical (unpaired) electrons. The molecular formula is C15H16BrN3O4S. The summed E-state index contributed by atoms with van der Waals surface area (Å²) in [4.78, 5) is 9.84. The van der Waals surface area contributed by atoms with Gasteiger partial charge in [-0.25, -0.2) is 13.6 Å². The predicted molar refractivity (Wildman–Crippen MR) is 95.4 cm³/mol. The lowest BCUT2D eigenvalue weighted by Crippen LogP contribution is -2.16. The predicted octanol–water partition coefficient (Wildman–Crippen LogP) is 3.05. The van der Waals surface area contributed by atoms with Crippen molar-refractivity contribution in [1.82, 2.24) is 0 Å². The molecule has 0 fully saturated rings. The maximum Gasteiger partial charge on any atom is 0.270 e. The number of nitrogens with zero attached hydrogens (tertiary/aromatic N) is 1. The molecule has 2 aromatic rings. The van der Waals surface area contributed by atoms with E-state index in [-0.39, 0.29) is 16.3 Å². The van der Waals surface area contributed by atoms with Crippen LogP contribution in [0.1, 0.15) is 12.0 Å². The molecule has 128 valence electrons. The van der Waals surface area contributed by atoms with E-state index in [1.165, 1.54) is 12.1 Å². The smallest absolute Gasteiger partial charge is 0.270 e. The maximum atomic E-state index is 11.6. The van der Waals surface area contributed by atoms with E-state index < -0.39 is 14.9 Å². The molecule has 0 aliphatic carbocycles. The number of halogens is 1. The Morgan fingerprint density at radius 3 is 2.58 bits per heavy atom. The molecule has 0 aliphatic heterocycles. The number of hydrogen-bond donors (Lipinski definition) is 2. The number of nitro benzene ring substituents is 1. The molecule has 2 rings (SSSR count). The fraction of sp³-hybridized carbons (Fsp3) is 0.200. The van der Waals surface area contributed by atoms with Gasteiger partial charge in [0.25, 0.3) is 5.69 Å². The van der Waals surface area contributed by atoms with E-state index in [1.807, 2.05) is 24.3 Å². The van der Waals surface area contributed by atoms with Crippen LogP contribution >= 0.6 is 15.9 Å². The van der Waals surface area contributed by atoms with Crippen LogP contribution in [0.2, 0.25) is 0 Å². The van der Waals surface area contributed by atoms with Crippen molar-refractivity contribution in [2.45, 2.75) is 17.7 Å². The largest absolute Gasteiger partial charge is 0.384 e. The van der Waals surface area contributed by atoms with Gasteiger partial charge in [-0.15, -0.1) is 0 Å². The number of aryl methyl sites for hydroxylation is 1. The molecule has 0 atom stereocenters. The molecule has 9 heteroatoms. The first-order valence-electron chi connectivity index (χ1n) is 7.07. The quantitative estimate of drug-likeness (QED) is 0.411. The Morgan fingerprint density at radius 1 is 1.21 bits per heavy atom. The fourth-order valence-corrected chi connectivity index (χ4v) is 3.39. The first kappa shape index (κ1) is 18.4. The molecule has 0 saturated carbocycles. The van der Waals surface area contributed by atoms with Crippen molar-refractivity contribution in [2.24, 2.45) is 5.14 Å². The summed E-state index contributed by atoms with van der Waals surface area (Å²) in [7, 11) is -4.06. The van der Waals surface area contributed by atoms with E-state index in [9.17, 15) is 18.5 Å². The summed E-state index contributed by atoms with van der Waals surface area (Å²) < 4.78 is 24.3. The minimum absolute atomic E-state index is 0.261. The summed E-state index contributed by atoms with van der Waals surface area (Å²) >= 11 is 3.41. The van der Waals surface area contributed by atoms with Crippen molar-refractivity contribution in [2.75, 3.05) is 11.9 Å². The number of benzene rings is 2. The van der Waals surface area contributed by atoms with Crippen LogP contribution in [0.3, 0.4) is 0 Å². The number of rotatable bonds is 7. The summed E-state index contributed by atoms with van der Waals surface area (Å²) in [5.41, 5.74) is 1.09. The lowest BCUT2D eigenvalue weighted by atomic mass is 10.1. The summed E-state index contributed by atoms with van der Waals surface area (Å²) in [5.74, 6) is 0. The van der Waals surface area contributed by atoms with Crippen LogP contribution in [0.25, 0.3) is 0 Å². The lowest BCUT2D eigenvalue weighted by Gasteiger charge is -2.10. The van der Waals surface area contributed by atoms with Crippen molar-refractivity contribution < 1.29 is 13.3 Å². The first-order valence-corrected chi connectivity index (χ1v) is 9.41. The second-order valence-electron chi connectivity index (χ2n) is 5.14. The van der Waals surface area contributed by atoms with Crippen molar-refractivity contribution in [3.8, 4) is 0 Å². The standard InChI is InChI=1S/C15H16BrN3O4S/c16-12-5-1-3-11(9-12)4-2-8-18-14-7-6-13(19(20)21)10-15(14)24(17,22)23/h1,3,5-7,9-10,18H,2,4,8H2,(H2,17,22,23). The van der Waals surface area contributed by atoms with E-state index >= 15 is 0 Å². The van der Waals surface area contributed by atoms with Gasteiger partial charge in [-0.1, -0.05) is 28.1 Å². The third kappa shape index (κ3) is 5.02. The maximum absolute atomic E-state index is 11.6. The second-order valence-corrected chi connectivity index (χ2v) is 7.59. The number of sulfonamides is 1. The number of non-ortho nitro benzene ring substituents is 1. The van der Waals surface area contributed by atoms with Gasteiger partial charge in [-0.3, -0.25) is 10.1 Å².